The molecule has 1 aliphatic heterocycles. The third-order valence-corrected chi connectivity index (χ3v) is 5.84. The molecule has 8 nitrogen and oxygen atoms in total. The number of amides is 1. The van der Waals surface area contributed by atoms with Gasteiger partial charge in [-0.25, -0.2) is 8.42 Å². The number of anilines is 1. The third kappa shape index (κ3) is 5.41. The summed E-state index contributed by atoms with van der Waals surface area (Å²) in [5.41, 5.74) is 0.336. The number of ether oxygens (including phenoxy) is 3. The van der Waals surface area contributed by atoms with Gasteiger partial charge in [-0.2, -0.15) is 4.31 Å². The molecule has 1 N–H and O–H groups in total. The third-order valence-electron chi connectivity index (χ3n) is 3.95. The van der Waals surface area contributed by atoms with Crippen LogP contribution in [0.25, 0.3) is 0 Å². The van der Waals surface area contributed by atoms with Crippen LogP contribution in [-0.4, -0.2) is 65.3 Å². The van der Waals surface area contributed by atoms with Gasteiger partial charge in [0.2, 0.25) is 15.9 Å². The normalized spacial score (nSPS) is 15.6. The van der Waals surface area contributed by atoms with E-state index in [1.165, 1.54) is 23.5 Å². The molecule has 0 bridgehead atoms. The summed E-state index contributed by atoms with van der Waals surface area (Å²) in [4.78, 5) is 12.2. The number of carbonyl (C=O) groups excluding carboxylic acids is 1. The summed E-state index contributed by atoms with van der Waals surface area (Å²) in [5.74, 6) is 0.188. The van der Waals surface area contributed by atoms with Crippen molar-refractivity contribution in [3.8, 4) is 5.75 Å². The van der Waals surface area contributed by atoms with Gasteiger partial charge < -0.3 is 19.5 Å². The Morgan fingerprint density at radius 3 is 2.69 bits per heavy atom. The zero-order valence-corrected chi connectivity index (χ0v) is 16.0. The van der Waals surface area contributed by atoms with Crippen LogP contribution in [0.15, 0.2) is 23.1 Å². The molecule has 26 heavy (non-hydrogen) atoms. The predicted molar refractivity (Wildman–Crippen MR) is 96.9 cm³/mol. The highest BCUT2D eigenvalue weighted by molar-refractivity contribution is 7.89. The molecule has 0 unspecified atom stereocenters. The van der Waals surface area contributed by atoms with Crippen LogP contribution in [0, 0.1) is 0 Å². The molecule has 1 amide bonds. The van der Waals surface area contributed by atoms with Gasteiger partial charge in [0.05, 0.1) is 30.9 Å². The molecule has 1 aromatic carbocycles. The van der Waals surface area contributed by atoms with Crippen molar-refractivity contribution < 1.29 is 27.4 Å². The fraction of sp³-hybridized carbons (Fsp3) is 0.588. The van der Waals surface area contributed by atoms with Gasteiger partial charge in [-0.3, -0.25) is 4.79 Å². The molecule has 146 valence electrons. The summed E-state index contributed by atoms with van der Waals surface area (Å²) < 4.78 is 42.6. The molecule has 0 aliphatic carbocycles. The van der Waals surface area contributed by atoms with E-state index in [2.05, 4.69) is 5.32 Å². The number of nitrogens with one attached hydrogen (secondary N) is 1. The number of carbonyl (C=O) groups is 1. The van der Waals surface area contributed by atoms with Crippen LogP contribution in [0.3, 0.4) is 0 Å². The highest BCUT2D eigenvalue weighted by atomic mass is 32.2. The van der Waals surface area contributed by atoms with Gasteiger partial charge in [-0.15, -0.1) is 0 Å². The Bertz CT molecular complexity index is 701. The minimum atomic E-state index is -3.64. The predicted octanol–water partition coefficient (Wildman–Crippen LogP) is 1.47. The molecule has 1 fully saturated rings. The second-order valence-corrected chi connectivity index (χ2v) is 7.67. The fourth-order valence-electron chi connectivity index (χ4n) is 2.57. The monoisotopic (exact) mass is 386 g/mol. The molecule has 2 rings (SSSR count). The summed E-state index contributed by atoms with van der Waals surface area (Å²) >= 11 is 0. The molecule has 1 heterocycles. The van der Waals surface area contributed by atoms with Crippen molar-refractivity contribution in [2.24, 2.45) is 0 Å². The van der Waals surface area contributed by atoms with E-state index in [1.807, 2.05) is 6.92 Å². The van der Waals surface area contributed by atoms with E-state index < -0.39 is 10.0 Å². The van der Waals surface area contributed by atoms with Crippen molar-refractivity contribution >= 4 is 21.6 Å². The molecule has 0 atom stereocenters. The zero-order valence-electron chi connectivity index (χ0n) is 15.2. The first kappa shape index (κ1) is 20.6. The smallest absolute Gasteiger partial charge is 0.243 e. The van der Waals surface area contributed by atoms with Crippen LogP contribution in [0.5, 0.6) is 5.75 Å². The Labute approximate surface area is 154 Å². The van der Waals surface area contributed by atoms with E-state index in [-0.39, 0.29) is 17.2 Å². The van der Waals surface area contributed by atoms with Crippen molar-refractivity contribution in [1.29, 1.82) is 0 Å². The number of benzene rings is 1. The molecule has 1 saturated heterocycles. The number of methoxy groups -OCH3 is 1. The Balaban J connectivity index is 2.13. The SMILES string of the molecule is CCOCCCC(=O)Nc1cc(S(=O)(=O)N2CCOCC2)ccc1OC. The van der Waals surface area contributed by atoms with Gasteiger partial charge in [0.1, 0.15) is 5.75 Å². The minimum absolute atomic E-state index is 0.116. The van der Waals surface area contributed by atoms with Crippen LogP contribution < -0.4 is 10.1 Å². The van der Waals surface area contributed by atoms with E-state index in [1.54, 1.807) is 6.07 Å². The quantitative estimate of drug-likeness (QED) is 0.646. The lowest BCUT2D eigenvalue weighted by Crippen LogP contribution is -2.40. The maximum absolute atomic E-state index is 12.8. The lowest BCUT2D eigenvalue weighted by Gasteiger charge is -2.26. The number of sulfonamides is 1. The van der Waals surface area contributed by atoms with Gasteiger partial charge in [0, 0.05) is 32.7 Å². The van der Waals surface area contributed by atoms with Crippen LogP contribution >= 0.6 is 0 Å². The van der Waals surface area contributed by atoms with Crippen molar-refractivity contribution in [2.45, 2.75) is 24.7 Å². The van der Waals surface area contributed by atoms with E-state index in [0.717, 1.165) is 0 Å². The molecule has 1 aromatic rings. The number of rotatable bonds is 9. The molecule has 0 radical (unpaired) electrons. The van der Waals surface area contributed by atoms with Crippen LogP contribution in [0.4, 0.5) is 5.69 Å². The van der Waals surface area contributed by atoms with E-state index in [4.69, 9.17) is 14.2 Å². The van der Waals surface area contributed by atoms with E-state index >= 15 is 0 Å². The average Bonchev–Trinajstić information content (AvgIpc) is 2.66. The second-order valence-electron chi connectivity index (χ2n) is 5.73. The molecule has 0 aromatic heterocycles. The molecular formula is C17H26N2O6S. The van der Waals surface area contributed by atoms with E-state index in [9.17, 15) is 13.2 Å². The summed E-state index contributed by atoms with van der Waals surface area (Å²) in [6.45, 7) is 4.38. The molecule has 9 heteroatoms. The van der Waals surface area contributed by atoms with Crippen LogP contribution in [-0.2, 0) is 24.3 Å². The maximum Gasteiger partial charge on any atom is 0.243 e. The van der Waals surface area contributed by atoms with Gasteiger partial charge >= 0.3 is 0 Å². The number of hydrogen-bond donors (Lipinski definition) is 1. The zero-order chi connectivity index (χ0) is 19.0. The van der Waals surface area contributed by atoms with Gasteiger partial charge in [-0.1, -0.05) is 0 Å². The summed E-state index contributed by atoms with van der Waals surface area (Å²) in [7, 11) is -2.17. The molecule has 0 saturated carbocycles. The van der Waals surface area contributed by atoms with Crippen LogP contribution in [0.1, 0.15) is 19.8 Å². The Hall–Kier alpha value is -1.68. The standard InChI is InChI=1S/C17H26N2O6S/c1-3-24-10-4-5-17(20)18-15-13-14(6-7-16(15)23-2)26(21,22)19-8-11-25-12-9-19/h6-7,13H,3-5,8-12H2,1-2H3,(H,18,20). The molecule has 1 aliphatic rings. The maximum atomic E-state index is 12.8. The van der Waals surface area contributed by atoms with Crippen LogP contribution in [0.2, 0.25) is 0 Å². The van der Waals surface area contributed by atoms with Gasteiger partial charge in [0.25, 0.3) is 0 Å². The topological polar surface area (TPSA) is 94.2 Å². The lowest BCUT2D eigenvalue weighted by molar-refractivity contribution is -0.116. The first-order valence-corrected chi connectivity index (χ1v) is 10.1. The first-order chi connectivity index (χ1) is 12.5. The largest absolute Gasteiger partial charge is 0.495 e. The van der Waals surface area contributed by atoms with Crippen molar-refractivity contribution in [2.75, 3.05) is 51.9 Å². The fourth-order valence-corrected chi connectivity index (χ4v) is 4.01. The number of nitrogens with zero attached hydrogens (tertiary/aromatic N) is 1. The number of morpholine rings is 1. The molecular weight excluding hydrogens is 360 g/mol. The van der Waals surface area contributed by atoms with Crippen molar-refractivity contribution in [3.63, 3.8) is 0 Å². The number of hydrogen-bond acceptors (Lipinski definition) is 6. The Morgan fingerprint density at radius 1 is 1.31 bits per heavy atom. The molecule has 0 spiro atoms. The highest BCUT2D eigenvalue weighted by Crippen LogP contribution is 2.29. The second kappa shape index (κ2) is 9.86. The van der Waals surface area contributed by atoms with Crippen molar-refractivity contribution in [3.05, 3.63) is 18.2 Å². The summed E-state index contributed by atoms with van der Waals surface area (Å²) in [6, 6.07) is 4.46. The lowest BCUT2D eigenvalue weighted by atomic mass is 10.2. The summed E-state index contributed by atoms with van der Waals surface area (Å²) in [5, 5.41) is 2.73. The Morgan fingerprint density at radius 2 is 2.04 bits per heavy atom. The first-order valence-electron chi connectivity index (χ1n) is 8.62. The summed E-state index contributed by atoms with van der Waals surface area (Å²) in [6.07, 6.45) is 0.872. The Kier molecular flexibility index (Phi) is 7.83. The average molecular weight is 386 g/mol. The van der Waals surface area contributed by atoms with Crippen molar-refractivity contribution in [1.82, 2.24) is 4.31 Å². The minimum Gasteiger partial charge on any atom is -0.495 e. The van der Waals surface area contributed by atoms with Gasteiger partial charge in [-0.05, 0) is 31.5 Å². The van der Waals surface area contributed by atoms with Gasteiger partial charge in [0.15, 0.2) is 0 Å². The highest BCUT2D eigenvalue weighted by Gasteiger charge is 2.27. The van der Waals surface area contributed by atoms with E-state index in [0.29, 0.717) is 57.4 Å².